The highest BCUT2D eigenvalue weighted by Gasteiger charge is 2.22. The highest BCUT2D eigenvalue weighted by molar-refractivity contribution is 4.90. The SMILES string of the molecule is OCc1cn(C[C@H]2CCCCN2CCF)nn1. The first-order chi connectivity index (χ1) is 8.33. The normalized spacial score (nSPS) is 21.9. The molecule has 17 heavy (non-hydrogen) atoms. The summed E-state index contributed by atoms with van der Waals surface area (Å²) in [6.45, 7) is 1.82. The number of likely N-dealkylation sites (tertiary alicyclic amines) is 1. The zero-order chi connectivity index (χ0) is 12.1. The van der Waals surface area contributed by atoms with Crippen molar-refractivity contribution in [3.05, 3.63) is 11.9 Å². The van der Waals surface area contributed by atoms with E-state index >= 15 is 0 Å². The molecule has 2 rings (SSSR count). The Morgan fingerprint density at radius 1 is 1.47 bits per heavy atom. The molecule has 1 atom stereocenters. The molecule has 5 nitrogen and oxygen atoms in total. The molecule has 0 aromatic carbocycles. The fourth-order valence-electron chi connectivity index (χ4n) is 2.39. The van der Waals surface area contributed by atoms with Crippen LogP contribution in [0.25, 0.3) is 0 Å². The maximum atomic E-state index is 12.4. The van der Waals surface area contributed by atoms with Crippen molar-refractivity contribution in [3.63, 3.8) is 0 Å². The van der Waals surface area contributed by atoms with Crippen molar-refractivity contribution in [2.75, 3.05) is 19.8 Å². The van der Waals surface area contributed by atoms with Gasteiger partial charge in [0.25, 0.3) is 0 Å². The lowest BCUT2D eigenvalue weighted by Gasteiger charge is -2.34. The molecule has 1 aromatic heterocycles. The molecule has 1 aliphatic heterocycles. The largest absolute Gasteiger partial charge is 0.390 e. The molecule has 96 valence electrons. The molecule has 0 spiro atoms. The van der Waals surface area contributed by atoms with Crippen LogP contribution in [0.15, 0.2) is 6.20 Å². The van der Waals surface area contributed by atoms with Crippen LogP contribution in [0.3, 0.4) is 0 Å². The maximum absolute atomic E-state index is 12.4. The molecule has 1 saturated heterocycles. The fourth-order valence-corrected chi connectivity index (χ4v) is 2.39. The predicted octanol–water partition coefficient (Wildman–Crippen LogP) is 0.594. The van der Waals surface area contributed by atoms with E-state index in [1.807, 2.05) is 0 Å². The number of aromatic nitrogens is 3. The zero-order valence-electron chi connectivity index (χ0n) is 9.93. The van der Waals surface area contributed by atoms with E-state index in [1.54, 1.807) is 10.9 Å². The van der Waals surface area contributed by atoms with E-state index in [1.165, 1.54) is 6.42 Å². The Balaban J connectivity index is 1.95. The van der Waals surface area contributed by atoms with Crippen molar-refractivity contribution in [3.8, 4) is 0 Å². The summed E-state index contributed by atoms with van der Waals surface area (Å²) in [5.74, 6) is 0. The summed E-state index contributed by atoms with van der Waals surface area (Å²) < 4.78 is 14.2. The molecule has 0 aliphatic carbocycles. The Morgan fingerprint density at radius 3 is 3.06 bits per heavy atom. The van der Waals surface area contributed by atoms with Crippen molar-refractivity contribution in [2.45, 2.75) is 38.5 Å². The minimum Gasteiger partial charge on any atom is -0.390 e. The predicted molar refractivity (Wildman–Crippen MR) is 61.1 cm³/mol. The third-order valence-corrected chi connectivity index (χ3v) is 3.27. The lowest BCUT2D eigenvalue weighted by molar-refractivity contribution is 0.120. The number of hydrogen-bond donors (Lipinski definition) is 1. The molecule has 6 heteroatoms. The second-order valence-electron chi connectivity index (χ2n) is 4.46. The van der Waals surface area contributed by atoms with E-state index < -0.39 is 0 Å². The summed E-state index contributed by atoms with van der Waals surface area (Å²) in [7, 11) is 0. The molecule has 0 saturated carbocycles. The molecule has 2 heterocycles. The summed E-state index contributed by atoms with van der Waals surface area (Å²) in [4.78, 5) is 2.18. The van der Waals surface area contributed by atoms with Gasteiger partial charge in [-0.2, -0.15) is 0 Å². The number of halogens is 1. The van der Waals surface area contributed by atoms with Gasteiger partial charge in [-0.1, -0.05) is 11.6 Å². The van der Waals surface area contributed by atoms with Crippen LogP contribution in [0.5, 0.6) is 0 Å². The number of nitrogens with zero attached hydrogens (tertiary/aromatic N) is 4. The van der Waals surface area contributed by atoms with Crippen molar-refractivity contribution >= 4 is 0 Å². The average Bonchev–Trinajstić information content (AvgIpc) is 2.80. The second-order valence-corrected chi connectivity index (χ2v) is 4.46. The Morgan fingerprint density at radius 2 is 2.35 bits per heavy atom. The number of hydrogen-bond acceptors (Lipinski definition) is 4. The Kier molecular flexibility index (Phi) is 4.44. The molecular formula is C11H19FN4O. The van der Waals surface area contributed by atoms with Crippen LogP contribution in [-0.2, 0) is 13.2 Å². The zero-order valence-corrected chi connectivity index (χ0v) is 9.93. The lowest BCUT2D eigenvalue weighted by Crippen LogP contribution is -2.43. The number of aliphatic hydroxyl groups is 1. The minimum atomic E-state index is -0.296. The topological polar surface area (TPSA) is 54.2 Å². The minimum absolute atomic E-state index is 0.0845. The number of rotatable bonds is 5. The molecule has 0 radical (unpaired) electrons. The summed E-state index contributed by atoms with van der Waals surface area (Å²) in [5.41, 5.74) is 0.581. The van der Waals surface area contributed by atoms with Crippen LogP contribution in [0.4, 0.5) is 4.39 Å². The first-order valence-electron chi connectivity index (χ1n) is 6.13. The van der Waals surface area contributed by atoms with Gasteiger partial charge in [0.2, 0.25) is 0 Å². The smallest absolute Gasteiger partial charge is 0.108 e. The van der Waals surface area contributed by atoms with Gasteiger partial charge in [0.1, 0.15) is 12.4 Å². The van der Waals surface area contributed by atoms with Crippen LogP contribution in [-0.4, -0.2) is 50.8 Å². The summed E-state index contributed by atoms with van der Waals surface area (Å²) >= 11 is 0. The van der Waals surface area contributed by atoms with Gasteiger partial charge in [-0.05, 0) is 19.4 Å². The van der Waals surface area contributed by atoms with E-state index in [9.17, 15) is 4.39 Å². The van der Waals surface area contributed by atoms with E-state index in [2.05, 4.69) is 15.2 Å². The molecule has 1 fully saturated rings. The Labute approximate surface area is 100 Å². The van der Waals surface area contributed by atoms with Crippen LogP contribution < -0.4 is 0 Å². The fraction of sp³-hybridized carbons (Fsp3) is 0.818. The van der Waals surface area contributed by atoms with E-state index in [-0.39, 0.29) is 13.3 Å². The van der Waals surface area contributed by atoms with Crippen LogP contribution >= 0.6 is 0 Å². The van der Waals surface area contributed by atoms with Crippen LogP contribution in [0.1, 0.15) is 25.0 Å². The van der Waals surface area contributed by atoms with E-state index in [4.69, 9.17) is 5.11 Å². The first-order valence-corrected chi connectivity index (χ1v) is 6.13. The molecule has 0 unspecified atom stereocenters. The molecule has 0 bridgehead atoms. The van der Waals surface area contributed by atoms with E-state index in [0.29, 0.717) is 18.3 Å². The number of aliphatic hydroxyl groups excluding tert-OH is 1. The van der Waals surface area contributed by atoms with Crippen molar-refractivity contribution in [2.24, 2.45) is 0 Å². The van der Waals surface area contributed by atoms with Gasteiger partial charge >= 0.3 is 0 Å². The van der Waals surface area contributed by atoms with Gasteiger partial charge in [-0.25, -0.2) is 4.39 Å². The molecule has 1 aromatic rings. The Hall–Kier alpha value is -1.01. The monoisotopic (exact) mass is 242 g/mol. The lowest BCUT2D eigenvalue weighted by atomic mass is 10.0. The summed E-state index contributed by atoms with van der Waals surface area (Å²) in [5, 5.41) is 16.7. The molecule has 1 aliphatic rings. The van der Waals surface area contributed by atoms with Crippen LogP contribution in [0, 0.1) is 0 Å². The quantitative estimate of drug-likeness (QED) is 0.821. The highest BCUT2D eigenvalue weighted by Crippen LogP contribution is 2.18. The molecule has 0 amide bonds. The average molecular weight is 242 g/mol. The number of alkyl halides is 1. The first kappa shape index (κ1) is 12.4. The van der Waals surface area contributed by atoms with E-state index in [0.717, 1.165) is 25.9 Å². The third-order valence-electron chi connectivity index (χ3n) is 3.27. The Bertz CT molecular complexity index is 342. The molecule has 1 N–H and O–H groups in total. The third kappa shape index (κ3) is 3.23. The van der Waals surface area contributed by atoms with Crippen molar-refractivity contribution < 1.29 is 9.50 Å². The number of piperidine rings is 1. The second kappa shape index (κ2) is 6.07. The molecular weight excluding hydrogens is 223 g/mol. The van der Waals surface area contributed by atoms with Crippen LogP contribution in [0.2, 0.25) is 0 Å². The van der Waals surface area contributed by atoms with Gasteiger partial charge in [-0.3, -0.25) is 9.58 Å². The summed E-state index contributed by atoms with van der Waals surface area (Å²) in [6.07, 6.45) is 5.17. The van der Waals surface area contributed by atoms with Gasteiger partial charge in [0.05, 0.1) is 19.3 Å². The van der Waals surface area contributed by atoms with Crippen molar-refractivity contribution in [1.82, 2.24) is 19.9 Å². The highest BCUT2D eigenvalue weighted by atomic mass is 19.1. The standard InChI is InChI=1S/C11H19FN4O/c12-4-6-15-5-2-1-3-11(15)8-16-7-10(9-17)13-14-16/h7,11,17H,1-6,8-9H2/t11-/m1/s1. The van der Waals surface area contributed by atoms with Gasteiger partial charge in [0.15, 0.2) is 0 Å². The van der Waals surface area contributed by atoms with Gasteiger partial charge in [0, 0.05) is 12.6 Å². The summed E-state index contributed by atoms with van der Waals surface area (Å²) in [6, 6.07) is 0.341. The maximum Gasteiger partial charge on any atom is 0.108 e. The van der Waals surface area contributed by atoms with Gasteiger partial charge in [-0.15, -0.1) is 5.10 Å². The van der Waals surface area contributed by atoms with Gasteiger partial charge < -0.3 is 5.11 Å². The van der Waals surface area contributed by atoms with Crippen molar-refractivity contribution in [1.29, 1.82) is 0 Å².